The van der Waals surface area contributed by atoms with Crippen molar-refractivity contribution in [1.82, 2.24) is 4.90 Å². The zero-order valence-electron chi connectivity index (χ0n) is 9.33. The van der Waals surface area contributed by atoms with E-state index in [1.807, 2.05) is 11.0 Å². The Morgan fingerprint density at radius 3 is 2.88 bits per heavy atom. The van der Waals surface area contributed by atoms with Crippen molar-refractivity contribution in [2.24, 2.45) is 0 Å². The van der Waals surface area contributed by atoms with E-state index < -0.39 is 0 Å². The van der Waals surface area contributed by atoms with Crippen LogP contribution in [0.25, 0.3) is 0 Å². The second-order valence-corrected chi connectivity index (χ2v) is 5.13. The Labute approximate surface area is 106 Å². The number of carbonyl (C=O) groups excluding carboxylic acids is 1. The molecular weight excluding hydrogens is 242 g/mol. The zero-order chi connectivity index (χ0) is 11.9. The molecule has 0 spiro atoms. The maximum atomic E-state index is 11.4. The number of halogens is 1. The van der Waals surface area contributed by atoms with E-state index in [4.69, 9.17) is 11.6 Å². The molecule has 2 rings (SSSR count). The van der Waals surface area contributed by atoms with E-state index in [1.54, 1.807) is 6.92 Å². The molecule has 0 aromatic heterocycles. The predicted octanol–water partition coefficient (Wildman–Crippen LogP) is 3.09. The third-order valence-corrected chi connectivity index (χ3v) is 4.01. The molecule has 0 bridgehead atoms. The first-order valence-electron chi connectivity index (χ1n) is 5.26. The van der Waals surface area contributed by atoms with E-state index in [9.17, 15) is 4.79 Å². The molecule has 0 saturated carbocycles. The molecular formula is C12H14ClNOS. The monoisotopic (exact) mass is 255 g/mol. The van der Waals surface area contributed by atoms with Crippen LogP contribution in [0.2, 0.25) is 5.02 Å². The quantitative estimate of drug-likeness (QED) is 0.707. The van der Waals surface area contributed by atoms with Crippen molar-refractivity contribution in [3.05, 3.63) is 28.3 Å². The van der Waals surface area contributed by atoms with Gasteiger partial charge in [-0.05, 0) is 23.1 Å². The Bertz CT molecular complexity index is 447. The summed E-state index contributed by atoms with van der Waals surface area (Å²) < 4.78 is 0. The number of hydrogen-bond acceptors (Lipinski definition) is 2. The summed E-state index contributed by atoms with van der Waals surface area (Å²) in [6, 6.07) is 3.98. The van der Waals surface area contributed by atoms with Crippen molar-refractivity contribution in [3.8, 4) is 0 Å². The van der Waals surface area contributed by atoms with Gasteiger partial charge in [-0.15, -0.1) is 12.6 Å². The van der Waals surface area contributed by atoms with Crippen molar-refractivity contribution in [2.45, 2.75) is 31.2 Å². The highest BCUT2D eigenvalue weighted by Crippen LogP contribution is 2.35. The molecule has 0 aliphatic carbocycles. The van der Waals surface area contributed by atoms with Crippen molar-refractivity contribution in [2.75, 3.05) is 6.54 Å². The number of carbonyl (C=O) groups is 1. The number of amides is 1. The molecule has 1 heterocycles. The normalized spacial score (nSPS) is 19.5. The van der Waals surface area contributed by atoms with Crippen LogP contribution in [0.4, 0.5) is 0 Å². The minimum Gasteiger partial charge on any atom is -0.338 e. The van der Waals surface area contributed by atoms with Crippen LogP contribution in [0.5, 0.6) is 0 Å². The molecule has 0 fully saturated rings. The lowest BCUT2D eigenvalue weighted by atomic mass is 9.91. The SMILES string of the molecule is CC(=O)N1Cc2c(ccc(S)c2Cl)C(C)C1. The fourth-order valence-electron chi connectivity index (χ4n) is 2.17. The van der Waals surface area contributed by atoms with Crippen molar-refractivity contribution in [1.29, 1.82) is 0 Å². The van der Waals surface area contributed by atoms with Gasteiger partial charge >= 0.3 is 0 Å². The van der Waals surface area contributed by atoms with Gasteiger partial charge in [0.15, 0.2) is 0 Å². The van der Waals surface area contributed by atoms with Crippen LogP contribution in [-0.4, -0.2) is 17.4 Å². The number of fused-ring (bicyclic) bond motifs is 1. The van der Waals surface area contributed by atoms with Crippen LogP contribution >= 0.6 is 24.2 Å². The van der Waals surface area contributed by atoms with Gasteiger partial charge in [0.1, 0.15) is 0 Å². The van der Waals surface area contributed by atoms with Gasteiger partial charge in [0, 0.05) is 24.9 Å². The first-order valence-corrected chi connectivity index (χ1v) is 6.09. The van der Waals surface area contributed by atoms with Crippen LogP contribution in [0.3, 0.4) is 0 Å². The van der Waals surface area contributed by atoms with Crippen LogP contribution < -0.4 is 0 Å². The first-order chi connectivity index (χ1) is 7.50. The largest absolute Gasteiger partial charge is 0.338 e. The summed E-state index contributed by atoms with van der Waals surface area (Å²) >= 11 is 10.5. The molecule has 2 nitrogen and oxygen atoms in total. The van der Waals surface area contributed by atoms with E-state index >= 15 is 0 Å². The highest BCUT2D eigenvalue weighted by atomic mass is 35.5. The van der Waals surface area contributed by atoms with E-state index in [1.165, 1.54) is 5.56 Å². The Kier molecular flexibility index (Phi) is 3.17. The summed E-state index contributed by atoms with van der Waals surface area (Å²) in [4.78, 5) is 14.0. The first kappa shape index (κ1) is 11.8. The van der Waals surface area contributed by atoms with Gasteiger partial charge in [0.05, 0.1) is 5.02 Å². The molecule has 86 valence electrons. The maximum absolute atomic E-state index is 11.4. The Morgan fingerprint density at radius 1 is 1.56 bits per heavy atom. The third kappa shape index (κ3) is 1.94. The molecule has 1 aliphatic heterocycles. The molecule has 0 N–H and O–H groups in total. The van der Waals surface area contributed by atoms with E-state index in [0.717, 1.165) is 17.0 Å². The lowest BCUT2D eigenvalue weighted by molar-refractivity contribution is -0.130. The topological polar surface area (TPSA) is 20.3 Å². The van der Waals surface area contributed by atoms with Gasteiger partial charge in [0.2, 0.25) is 5.91 Å². The number of nitrogens with zero attached hydrogens (tertiary/aromatic N) is 1. The summed E-state index contributed by atoms with van der Waals surface area (Å²) in [5.41, 5.74) is 2.28. The second-order valence-electron chi connectivity index (χ2n) is 4.27. The lowest BCUT2D eigenvalue weighted by Gasteiger charge is -2.33. The molecule has 16 heavy (non-hydrogen) atoms. The smallest absolute Gasteiger partial charge is 0.219 e. The average Bonchev–Trinajstić information content (AvgIpc) is 2.23. The van der Waals surface area contributed by atoms with Gasteiger partial charge in [0.25, 0.3) is 0 Å². The summed E-state index contributed by atoms with van der Waals surface area (Å²) in [6.45, 7) is 5.07. The number of thiol groups is 1. The molecule has 1 amide bonds. The van der Waals surface area contributed by atoms with Crippen molar-refractivity contribution in [3.63, 3.8) is 0 Å². The minimum atomic E-state index is 0.0955. The Morgan fingerprint density at radius 2 is 2.25 bits per heavy atom. The number of rotatable bonds is 0. The van der Waals surface area contributed by atoms with Gasteiger partial charge in [-0.1, -0.05) is 24.6 Å². The van der Waals surface area contributed by atoms with E-state index in [2.05, 4.69) is 25.6 Å². The molecule has 4 heteroatoms. The van der Waals surface area contributed by atoms with Gasteiger partial charge in [-0.25, -0.2) is 0 Å². The zero-order valence-corrected chi connectivity index (χ0v) is 11.0. The minimum absolute atomic E-state index is 0.0955. The van der Waals surface area contributed by atoms with Crippen LogP contribution in [-0.2, 0) is 11.3 Å². The van der Waals surface area contributed by atoms with Crippen LogP contribution in [0.15, 0.2) is 17.0 Å². The van der Waals surface area contributed by atoms with Crippen LogP contribution in [0.1, 0.15) is 30.9 Å². The molecule has 0 saturated heterocycles. The fraction of sp³-hybridized carbons (Fsp3) is 0.417. The molecule has 0 radical (unpaired) electrons. The highest BCUT2D eigenvalue weighted by Gasteiger charge is 2.25. The average molecular weight is 256 g/mol. The third-order valence-electron chi connectivity index (χ3n) is 3.08. The van der Waals surface area contributed by atoms with Gasteiger partial charge in [-0.3, -0.25) is 4.79 Å². The highest BCUT2D eigenvalue weighted by molar-refractivity contribution is 7.80. The van der Waals surface area contributed by atoms with Crippen LogP contribution in [0, 0.1) is 0 Å². The standard InChI is InChI=1S/C12H14ClNOS/c1-7-5-14(8(2)15)6-10-9(7)3-4-11(16)12(10)13/h3-4,7,16H,5-6H2,1-2H3. The molecule has 1 aliphatic rings. The molecule has 1 atom stereocenters. The molecule has 1 unspecified atom stereocenters. The lowest BCUT2D eigenvalue weighted by Crippen LogP contribution is -2.36. The van der Waals surface area contributed by atoms with E-state index in [-0.39, 0.29) is 5.91 Å². The summed E-state index contributed by atoms with van der Waals surface area (Å²) in [7, 11) is 0. The number of hydrogen-bond donors (Lipinski definition) is 1. The summed E-state index contributed by atoms with van der Waals surface area (Å²) in [5, 5.41) is 0.679. The fourth-order valence-corrected chi connectivity index (χ4v) is 2.61. The van der Waals surface area contributed by atoms with Crippen molar-refractivity contribution < 1.29 is 4.79 Å². The summed E-state index contributed by atoms with van der Waals surface area (Å²) in [5.74, 6) is 0.428. The Hall–Kier alpha value is -0.670. The van der Waals surface area contributed by atoms with Gasteiger partial charge in [-0.2, -0.15) is 0 Å². The Balaban J connectivity index is 2.47. The van der Waals surface area contributed by atoms with Crippen molar-refractivity contribution >= 4 is 30.1 Å². The molecule has 1 aromatic rings. The summed E-state index contributed by atoms with van der Waals surface area (Å²) in [6.07, 6.45) is 0. The predicted molar refractivity (Wildman–Crippen MR) is 68.2 cm³/mol. The van der Waals surface area contributed by atoms with Gasteiger partial charge < -0.3 is 4.90 Å². The molecule has 1 aromatic carbocycles. The maximum Gasteiger partial charge on any atom is 0.219 e. The second kappa shape index (κ2) is 4.30. The number of benzene rings is 1. The van der Waals surface area contributed by atoms with E-state index in [0.29, 0.717) is 17.5 Å².